The van der Waals surface area contributed by atoms with Crippen LogP contribution in [0.2, 0.25) is 0 Å². The predicted molar refractivity (Wildman–Crippen MR) is 66.2 cm³/mol. The van der Waals surface area contributed by atoms with Crippen molar-refractivity contribution in [1.82, 2.24) is 0 Å². The molecule has 2 heteroatoms. The van der Waals surface area contributed by atoms with Crippen LogP contribution in [0.3, 0.4) is 0 Å². The summed E-state index contributed by atoms with van der Waals surface area (Å²) in [5, 5.41) is 0. The summed E-state index contributed by atoms with van der Waals surface area (Å²) < 4.78 is 18.8. The molecule has 0 aromatic heterocycles. The number of rotatable bonds is 4. The molecule has 0 spiro atoms. The number of hydrogen-bond donors (Lipinski definition) is 0. The SMILES string of the molecule is COc1ccc(/C(C)=C(/F)CC(C)C)cc1. The van der Waals surface area contributed by atoms with E-state index >= 15 is 0 Å². The summed E-state index contributed by atoms with van der Waals surface area (Å²) in [5.41, 5.74) is 1.63. The molecule has 1 aromatic rings. The van der Waals surface area contributed by atoms with Crippen LogP contribution >= 0.6 is 0 Å². The third kappa shape index (κ3) is 3.37. The highest BCUT2D eigenvalue weighted by Gasteiger charge is 2.06. The van der Waals surface area contributed by atoms with Crippen molar-refractivity contribution in [3.05, 3.63) is 35.7 Å². The minimum absolute atomic E-state index is 0.0276. The van der Waals surface area contributed by atoms with Crippen molar-refractivity contribution < 1.29 is 9.13 Å². The number of allylic oxidation sites excluding steroid dienone is 2. The summed E-state index contributed by atoms with van der Waals surface area (Å²) in [4.78, 5) is 0. The highest BCUT2D eigenvalue weighted by atomic mass is 19.1. The predicted octanol–water partition coefficient (Wildman–Crippen LogP) is 4.44. The lowest BCUT2D eigenvalue weighted by Crippen LogP contribution is -1.91. The van der Waals surface area contributed by atoms with E-state index in [-0.39, 0.29) is 5.83 Å². The number of methoxy groups -OCH3 is 1. The van der Waals surface area contributed by atoms with Crippen molar-refractivity contribution in [3.63, 3.8) is 0 Å². The Balaban J connectivity index is 2.90. The van der Waals surface area contributed by atoms with Crippen molar-refractivity contribution >= 4 is 5.57 Å². The maximum Gasteiger partial charge on any atom is 0.118 e. The number of ether oxygens (including phenoxy) is 1. The molecule has 0 aliphatic carbocycles. The third-order valence-electron chi connectivity index (χ3n) is 2.52. The van der Waals surface area contributed by atoms with Gasteiger partial charge in [-0.25, -0.2) is 4.39 Å². The summed E-state index contributed by atoms with van der Waals surface area (Å²) >= 11 is 0. The number of benzene rings is 1. The Morgan fingerprint density at radius 2 is 1.81 bits per heavy atom. The molecule has 0 fully saturated rings. The standard InChI is InChI=1S/C14H19FO/c1-10(2)9-14(15)11(3)12-5-7-13(16-4)8-6-12/h5-8,10H,9H2,1-4H3/b14-11+. The average Bonchev–Trinajstić information content (AvgIpc) is 2.27. The quantitative estimate of drug-likeness (QED) is 0.731. The van der Waals surface area contributed by atoms with Gasteiger partial charge in [-0.1, -0.05) is 26.0 Å². The fraction of sp³-hybridized carbons (Fsp3) is 0.429. The Bertz CT molecular complexity index is 363. The molecule has 0 bridgehead atoms. The van der Waals surface area contributed by atoms with E-state index in [4.69, 9.17) is 4.74 Å². The second-order valence-corrected chi connectivity index (χ2v) is 4.36. The van der Waals surface area contributed by atoms with Crippen molar-refractivity contribution in [2.45, 2.75) is 27.2 Å². The Morgan fingerprint density at radius 1 is 1.25 bits per heavy atom. The minimum Gasteiger partial charge on any atom is -0.497 e. The van der Waals surface area contributed by atoms with Gasteiger partial charge in [-0.05, 0) is 36.1 Å². The summed E-state index contributed by atoms with van der Waals surface area (Å²) in [6.45, 7) is 5.85. The van der Waals surface area contributed by atoms with Crippen LogP contribution in [0.4, 0.5) is 4.39 Å². The molecule has 88 valence electrons. The van der Waals surface area contributed by atoms with Gasteiger partial charge in [0.25, 0.3) is 0 Å². The van der Waals surface area contributed by atoms with Gasteiger partial charge >= 0.3 is 0 Å². The Morgan fingerprint density at radius 3 is 2.25 bits per heavy atom. The van der Waals surface area contributed by atoms with Gasteiger partial charge in [-0.2, -0.15) is 0 Å². The Labute approximate surface area is 96.9 Å². The molecule has 0 aliphatic heterocycles. The van der Waals surface area contributed by atoms with Gasteiger partial charge < -0.3 is 4.74 Å². The molecule has 0 heterocycles. The molecule has 0 saturated carbocycles. The van der Waals surface area contributed by atoms with Crippen LogP contribution in [0.15, 0.2) is 30.1 Å². The van der Waals surface area contributed by atoms with Gasteiger partial charge in [-0.15, -0.1) is 0 Å². The molecule has 1 aromatic carbocycles. The van der Waals surface area contributed by atoms with Crippen LogP contribution in [-0.4, -0.2) is 7.11 Å². The first-order chi connectivity index (χ1) is 7.54. The molecule has 1 nitrogen and oxygen atoms in total. The monoisotopic (exact) mass is 222 g/mol. The van der Waals surface area contributed by atoms with Crippen LogP contribution in [0.1, 0.15) is 32.8 Å². The van der Waals surface area contributed by atoms with E-state index in [1.54, 1.807) is 7.11 Å². The van der Waals surface area contributed by atoms with E-state index < -0.39 is 0 Å². The fourth-order valence-corrected chi connectivity index (χ4v) is 1.51. The van der Waals surface area contributed by atoms with Gasteiger partial charge in [0.2, 0.25) is 0 Å². The fourth-order valence-electron chi connectivity index (χ4n) is 1.51. The number of hydrogen-bond acceptors (Lipinski definition) is 1. The summed E-state index contributed by atoms with van der Waals surface area (Å²) in [6.07, 6.45) is 0.498. The Kier molecular flexibility index (Phi) is 4.53. The lowest BCUT2D eigenvalue weighted by molar-refractivity contribution is 0.415. The zero-order chi connectivity index (χ0) is 12.1. The molecule has 0 unspecified atom stereocenters. The topological polar surface area (TPSA) is 9.23 Å². The maximum absolute atomic E-state index is 13.8. The normalized spacial score (nSPS) is 12.6. The number of halogens is 1. The van der Waals surface area contributed by atoms with Crippen LogP contribution < -0.4 is 4.74 Å². The van der Waals surface area contributed by atoms with E-state index in [1.165, 1.54) is 0 Å². The van der Waals surface area contributed by atoms with Gasteiger partial charge in [0, 0.05) is 6.42 Å². The van der Waals surface area contributed by atoms with Gasteiger partial charge in [-0.3, -0.25) is 0 Å². The van der Waals surface area contributed by atoms with E-state index in [9.17, 15) is 4.39 Å². The van der Waals surface area contributed by atoms with Crippen molar-refractivity contribution in [2.24, 2.45) is 5.92 Å². The summed E-state index contributed by atoms with van der Waals surface area (Å²) in [7, 11) is 1.62. The summed E-state index contributed by atoms with van der Waals surface area (Å²) in [5.74, 6) is 1.11. The van der Waals surface area contributed by atoms with E-state index in [1.807, 2.05) is 45.0 Å². The summed E-state index contributed by atoms with van der Waals surface area (Å²) in [6, 6.07) is 7.46. The van der Waals surface area contributed by atoms with Crippen molar-refractivity contribution in [3.8, 4) is 5.75 Å². The molecular weight excluding hydrogens is 203 g/mol. The second-order valence-electron chi connectivity index (χ2n) is 4.36. The van der Waals surface area contributed by atoms with Gasteiger partial charge in [0.1, 0.15) is 11.6 Å². The first-order valence-corrected chi connectivity index (χ1v) is 5.54. The minimum atomic E-state index is -0.0276. The molecular formula is C14H19FO. The zero-order valence-corrected chi connectivity index (χ0v) is 10.4. The van der Waals surface area contributed by atoms with Gasteiger partial charge in [0.15, 0.2) is 0 Å². The lowest BCUT2D eigenvalue weighted by Gasteiger charge is -2.08. The van der Waals surface area contributed by atoms with Crippen molar-refractivity contribution in [1.29, 1.82) is 0 Å². The molecule has 0 aliphatic rings. The molecule has 0 radical (unpaired) electrons. The van der Waals surface area contributed by atoms with Crippen LogP contribution in [-0.2, 0) is 0 Å². The lowest BCUT2D eigenvalue weighted by atomic mass is 10.0. The second kappa shape index (κ2) is 5.69. The molecule has 0 atom stereocenters. The van der Waals surface area contributed by atoms with E-state index in [0.717, 1.165) is 16.9 Å². The van der Waals surface area contributed by atoms with Crippen LogP contribution in [0, 0.1) is 5.92 Å². The molecule has 0 N–H and O–H groups in total. The molecule has 0 amide bonds. The van der Waals surface area contributed by atoms with E-state index in [0.29, 0.717) is 12.3 Å². The van der Waals surface area contributed by atoms with E-state index in [2.05, 4.69) is 0 Å². The highest BCUT2D eigenvalue weighted by molar-refractivity contribution is 5.66. The average molecular weight is 222 g/mol. The third-order valence-corrected chi connectivity index (χ3v) is 2.52. The smallest absolute Gasteiger partial charge is 0.118 e. The van der Waals surface area contributed by atoms with Crippen LogP contribution in [0.5, 0.6) is 5.75 Å². The first-order valence-electron chi connectivity index (χ1n) is 5.54. The Hall–Kier alpha value is -1.31. The van der Waals surface area contributed by atoms with Crippen molar-refractivity contribution in [2.75, 3.05) is 7.11 Å². The first kappa shape index (κ1) is 12.8. The zero-order valence-electron chi connectivity index (χ0n) is 10.4. The largest absolute Gasteiger partial charge is 0.497 e. The molecule has 1 rings (SSSR count). The van der Waals surface area contributed by atoms with Gasteiger partial charge in [0.05, 0.1) is 7.11 Å². The maximum atomic E-state index is 13.8. The molecule has 16 heavy (non-hydrogen) atoms. The molecule has 0 saturated heterocycles. The highest BCUT2D eigenvalue weighted by Crippen LogP contribution is 2.25. The van der Waals surface area contributed by atoms with Crippen LogP contribution in [0.25, 0.3) is 5.57 Å².